The fourth-order valence-electron chi connectivity index (χ4n) is 7.31. The van der Waals surface area contributed by atoms with E-state index >= 15 is 4.39 Å². The van der Waals surface area contributed by atoms with Gasteiger partial charge in [-0.15, -0.1) is 0 Å². The van der Waals surface area contributed by atoms with Crippen molar-refractivity contribution in [2.75, 3.05) is 33.2 Å². The van der Waals surface area contributed by atoms with Crippen molar-refractivity contribution in [2.45, 2.75) is 75.7 Å². The first-order chi connectivity index (χ1) is 21.5. The molecule has 1 unspecified atom stereocenters. The molecule has 1 spiro atoms. The fraction of sp³-hybridized carbons (Fsp3) is 0.515. The van der Waals surface area contributed by atoms with Crippen LogP contribution >= 0.6 is 0 Å². The molecule has 2 atom stereocenters. The Labute approximate surface area is 259 Å². The Hall–Kier alpha value is -3.32. The van der Waals surface area contributed by atoms with Crippen molar-refractivity contribution in [3.8, 4) is 0 Å². The first kappa shape index (κ1) is 31.7. The monoisotopic (exact) mass is 629 g/mol. The SMILES string of the molecule is CN1CCCC1CCN1CCC2(CC1)OCc1c2c(=O)n(C[C@@H](N)c2ccccc2)c(=O)n1Cc1c(F)cccc1C(F)(F)F. The van der Waals surface area contributed by atoms with Crippen LogP contribution in [0.15, 0.2) is 58.1 Å². The fourth-order valence-corrected chi connectivity index (χ4v) is 7.31. The Morgan fingerprint density at radius 1 is 1.02 bits per heavy atom. The summed E-state index contributed by atoms with van der Waals surface area (Å²) in [5.74, 6) is -1.08. The van der Waals surface area contributed by atoms with Crippen LogP contribution in [-0.2, 0) is 36.2 Å². The van der Waals surface area contributed by atoms with Gasteiger partial charge in [0.25, 0.3) is 5.56 Å². The van der Waals surface area contributed by atoms with Gasteiger partial charge in [-0.3, -0.25) is 13.9 Å². The van der Waals surface area contributed by atoms with Gasteiger partial charge in [0.15, 0.2) is 0 Å². The van der Waals surface area contributed by atoms with Crippen LogP contribution in [0.5, 0.6) is 0 Å². The summed E-state index contributed by atoms with van der Waals surface area (Å²) in [5, 5.41) is 0. The second kappa shape index (κ2) is 12.5. The molecule has 8 nitrogen and oxygen atoms in total. The van der Waals surface area contributed by atoms with Crippen molar-refractivity contribution in [1.82, 2.24) is 18.9 Å². The van der Waals surface area contributed by atoms with E-state index in [2.05, 4.69) is 16.8 Å². The second-order valence-electron chi connectivity index (χ2n) is 12.6. The van der Waals surface area contributed by atoms with Crippen LogP contribution in [0.2, 0.25) is 0 Å². The first-order valence-corrected chi connectivity index (χ1v) is 15.6. The Morgan fingerprint density at radius 2 is 1.76 bits per heavy atom. The minimum atomic E-state index is -4.84. The van der Waals surface area contributed by atoms with E-state index in [0.717, 1.165) is 46.8 Å². The lowest BCUT2D eigenvalue weighted by Gasteiger charge is -2.39. The number of nitrogens with two attached hydrogens (primary N) is 1. The molecule has 1 aromatic heterocycles. The number of benzene rings is 2. The molecule has 45 heavy (non-hydrogen) atoms. The smallest absolute Gasteiger partial charge is 0.364 e. The second-order valence-corrected chi connectivity index (χ2v) is 12.6. The average Bonchev–Trinajstić information content (AvgIpc) is 3.60. The lowest BCUT2D eigenvalue weighted by Crippen LogP contribution is -2.50. The summed E-state index contributed by atoms with van der Waals surface area (Å²) in [5.41, 5.74) is 3.37. The first-order valence-electron chi connectivity index (χ1n) is 15.6. The third-order valence-electron chi connectivity index (χ3n) is 9.94. The highest BCUT2D eigenvalue weighted by atomic mass is 19.4. The number of alkyl halides is 3. The summed E-state index contributed by atoms with van der Waals surface area (Å²) in [6.07, 6.45) is -0.418. The molecule has 4 heterocycles. The Balaban J connectivity index is 1.37. The van der Waals surface area contributed by atoms with Crippen molar-refractivity contribution in [3.05, 3.63) is 103 Å². The van der Waals surface area contributed by atoms with Crippen molar-refractivity contribution in [2.24, 2.45) is 5.73 Å². The van der Waals surface area contributed by atoms with Gasteiger partial charge in [0.2, 0.25) is 0 Å². The molecule has 242 valence electrons. The van der Waals surface area contributed by atoms with Gasteiger partial charge in [0.1, 0.15) is 11.4 Å². The van der Waals surface area contributed by atoms with E-state index in [1.165, 1.54) is 12.8 Å². The third-order valence-corrected chi connectivity index (χ3v) is 9.94. The minimum Gasteiger partial charge on any atom is -0.364 e. The van der Waals surface area contributed by atoms with Gasteiger partial charge >= 0.3 is 11.9 Å². The van der Waals surface area contributed by atoms with Crippen molar-refractivity contribution < 1.29 is 22.3 Å². The summed E-state index contributed by atoms with van der Waals surface area (Å²) in [6, 6.07) is 11.5. The summed E-state index contributed by atoms with van der Waals surface area (Å²) < 4.78 is 65.3. The Bertz CT molecular complexity index is 1650. The van der Waals surface area contributed by atoms with Gasteiger partial charge in [-0.2, -0.15) is 13.2 Å². The Kier molecular flexibility index (Phi) is 8.77. The van der Waals surface area contributed by atoms with Gasteiger partial charge in [0, 0.05) is 30.7 Å². The molecule has 3 aliphatic heterocycles. The normalized spacial score (nSPS) is 21.0. The van der Waals surface area contributed by atoms with E-state index in [9.17, 15) is 22.8 Å². The molecule has 2 N–H and O–H groups in total. The van der Waals surface area contributed by atoms with E-state index in [0.29, 0.717) is 37.5 Å². The highest BCUT2D eigenvalue weighted by Gasteiger charge is 2.47. The maximum absolute atomic E-state index is 15.0. The highest BCUT2D eigenvalue weighted by Crippen LogP contribution is 2.43. The molecule has 0 bridgehead atoms. The summed E-state index contributed by atoms with van der Waals surface area (Å²) in [7, 11) is 2.15. The van der Waals surface area contributed by atoms with Crippen molar-refractivity contribution in [3.63, 3.8) is 0 Å². The van der Waals surface area contributed by atoms with Crippen LogP contribution in [0.4, 0.5) is 17.6 Å². The van der Waals surface area contributed by atoms with Crippen LogP contribution in [0.25, 0.3) is 0 Å². The molecule has 3 aromatic rings. The van der Waals surface area contributed by atoms with Crippen LogP contribution in [0, 0.1) is 5.82 Å². The molecule has 2 fully saturated rings. The molecule has 12 heteroatoms. The molecule has 0 saturated carbocycles. The number of rotatable bonds is 8. The Morgan fingerprint density at radius 3 is 2.42 bits per heavy atom. The quantitative estimate of drug-likeness (QED) is 0.376. The highest BCUT2D eigenvalue weighted by molar-refractivity contribution is 5.35. The molecule has 0 radical (unpaired) electrons. The number of ether oxygens (including phenoxy) is 1. The summed E-state index contributed by atoms with van der Waals surface area (Å²) in [6.45, 7) is 2.33. The maximum atomic E-state index is 15.0. The third kappa shape index (κ3) is 6.13. The zero-order valence-electron chi connectivity index (χ0n) is 25.4. The minimum absolute atomic E-state index is 0.131. The molecule has 0 amide bonds. The van der Waals surface area contributed by atoms with Gasteiger partial charge in [-0.05, 0) is 69.9 Å². The van der Waals surface area contributed by atoms with Crippen LogP contribution in [-0.4, -0.2) is 58.2 Å². The lowest BCUT2D eigenvalue weighted by atomic mass is 9.85. The molecule has 0 aliphatic carbocycles. The summed E-state index contributed by atoms with van der Waals surface area (Å²) in [4.78, 5) is 32.9. The molecular formula is C33H39F4N5O3. The largest absolute Gasteiger partial charge is 0.416 e. The van der Waals surface area contributed by atoms with E-state index in [1.54, 1.807) is 24.3 Å². The van der Waals surface area contributed by atoms with E-state index in [4.69, 9.17) is 10.5 Å². The summed E-state index contributed by atoms with van der Waals surface area (Å²) >= 11 is 0. The number of aromatic nitrogens is 2. The zero-order chi connectivity index (χ0) is 31.9. The number of nitrogens with zero attached hydrogens (tertiary/aromatic N) is 4. The molecule has 6 rings (SSSR count). The van der Waals surface area contributed by atoms with Crippen LogP contribution < -0.4 is 17.0 Å². The van der Waals surface area contributed by atoms with Gasteiger partial charge in [-0.1, -0.05) is 36.4 Å². The van der Waals surface area contributed by atoms with E-state index in [-0.39, 0.29) is 24.4 Å². The number of likely N-dealkylation sites (tertiary alicyclic amines) is 2. The van der Waals surface area contributed by atoms with Gasteiger partial charge < -0.3 is 20.3 Å². The number of fused-ring (bicyclic) bond motifs is 2. The van der Waals surface area contributed by atoms with E-state index in [1.807, 2.05) is 6.07 Å². The van der Waals surface area contributed by atoms with Crippen molar-refractivity contribution >= 4 is 0 Å². The predicted molar refractivity (Wildman–Crippen MR) is 161 cm³/mol. The number of hydrogen-bond acceptors (Lipinski definition) is 6. The molecular weight excluding hydrogens is 590 g/mol. The van der Waals surface area contributed by atoms with Crippen LogP contribution in [0.1, 0.15) is 66.1 Å². The van der Waals surface area contributed by atoms with Crippen molar-refractivity contribution in [1.29, 1.82) is 0 Å². The van der Waals surface area contributed by atoms with Crippen LogP contribution in [0.3, 0.4) is 0 Å². The van der Waals surface area contributed by atoms with E-state index < -0.39 is 52.6 Å². The maximum Gasteiger partial charge on any atom is 0.416 e. The molecule has 2 saturated heterocycles. The number of hydrogen-bond donors (Lipinski definition) is 1. The average molecular weight is 630 g/mol. The number of piperidine rings is 1. The standard InChI is InChI=1S/C33H39F4N5O3/c1-39-15-6-9-23(39)12-16-40-17-13-32(14-18-40)29-28(21-45-32)41(19-24-25(33(35,36)37)10-5-11-26(24)34)31(44)42(30(29)43)20-27(38)22-7-3-2-4-8-22/h2-5,7-8,10-11,23,27H,6,9,12-21,38H2,1H3/t23?,27-/m1/s1. The van der Waals surface area contributed by atoms with Gasteiger partial charge in [-0.25, -0.2) is 9.18 Å². The number of halogens is 4. The molecule has 2 aromatic carbocycles. The molecule has 3 aliphatic rings. The lowest BCUT2D eigenvalue weighted by molar-refractivity contribution is -0.138. The van der Waals surface area contributed by atoms with Gasteiger partial charge in [0.05, 0.1) is 36.5 Å². The topological polar surface area (TPSA) is 85.7 Å². The predicted octanol–water partition coefficient (Wildman–Crippen LogP) is 4.22. The zero-order valence-corrected chi connectivity index (χ0v) is 25.4.